The fraction of sp³-hybridized carbons (Fsp3) is 0.412. The van der Waals surface area contributed by atoms with Gasteiger partial charge in [0.1, 0.15) is 17.4 Å². The van der Waals surface area contributed by atoms with Gasteiger partial charge in [-0.25, -0.2) is 9.97 Å². The molecular weight excluding hydrogens is 294 g/mol. The number of nitrogens with one attached hydrogen (secondary N) is 1. The molecule has 0 aliphatic heterocycles. The molecule has 0 amide bonds. The predicted octanol–water partition coefficient (Wildman–Crippen LogP) is 2.58. The van der Waals surface area contributed by atoms with Crippen LogP contribution in [-0.4, -0.2) is 40.9 Å². The first-order valence-electron chi connectivity index (χ1n) is 7.93. The molecule has 4 rings (SSSR count). The third-order valence-electron chi connectivity index (χ3n) is 4.02. The molecule has 3 aromatic rings. The Kier molecular flexibility index (Phi) is 3.85. The fourth-order valence-electron chi connectivity index (χ4n) is 2.58. The number of fused-ring (bicyclic) bond motifs is 3. The van der Waals surface area contributed by atoms with Gasteiger partial charge in [-0.2, -0.15) is 0 Å². The van der Waals surface area contributed by atoms with Gasteiger partial charge >= 0.3 is 0 Å². The molecule has 0 saturated heterocycles. The summed E-state index contributed by atoms with van der Waals surface area (Å²) in [5.74, 6) is 1.29. The van der Waals surface area contributed by atoms with Crippen LogP contribution in [0.15, 0.2) is 35.0 Å². The van der Waals surface area contributed by atoms with Crippen LogP contribution in [0.2, 0.25) is 0 Å². The number of aliphatic hydroxyl groups excluding tert-OH is 1. The highest BCUT2D eigenvalue weighted by molar-refractivity contribution is 6.05. The van der Waals surface area contributed by atoms with E-state index in [1.54, 1.807) is 0 Å². The van der Waals surface area contributed by atoms with Crippen molar-refractivity contribution in [2.75, 3.05) is 25.1 Å². The first kappa shape index (κ1) is 14.4. The average molecular weight is 313 g/mol. The molecule has 1 fully saturated rings. The van der Waals surface area contributed by atoms with Crippen molar-refractivity contribution in [1.82, 2.24) is 9.97 Å². The zero-order valence-corrected chi connectivity index (χ0v) is 12.7. The van der Waals surface area contributed by atoms with E-state index in [0.29, 0.717) is 30.5 Å². The molecule has 6 heteroatoms. The van der Waals surface area contributed by atoms with Gasteiger partial charge in [0, 0.05) is 18.5 Å². The van der Waals surface area contributed by atoms with E-state index in [9.17, 15) is 5.11 Å². The molecular formula is C17H19N3O3. The summed E-state index contributed by atoms with van der Waals surface area (Å²) in [6.07, 6.45) is 3.42. The van der Waals surface area contributed by atoms with Gasteiger partial charge < -0.3 is 19.6 Å². The minimum Gasteiger partial charge on any atom is -0.450 e. The van der Waals surface area contributed by atoms with Gasteiger partial charge in [-0.3, -0.25) is 0 Å². The Morgan fingerprint density at radius 2 is 2.17 bits per heavy atom. The van der Waals surface area contributed by atoms with Crippen LogP contribution in [0.1, 0.15) is 12.8 Å². The number of nitrogens with zero attached hydrogens (tertiary/aromatic N) is 2. The van der Waals surface area contributed by atoms with Crippen LogP contribution >= 0.6 is 0 Å². The number of hydrogen-bond donors (Lipinski definition) is 2. The topological polar surface area (TPSA) is 80.4 Å². The average Bonchev–Trinajstić information content (AvgIpc) is 3.31. The summed E-state index contributed by atoms with van der Waals surface area (Å²) in [7, 11) is 0. The first-order valence-corrected chi connectivity index (χ1v) is 7.93. The molecule has 120 valence electrons. The largest absolute Gasteiger partial charge is 0.450 e. The van der Waals surface area contributed by atoms with Crippen molar-refractivity contribution >= 4 is 27.9 Å². The maximum atomic E-state index is 9.99. The van der Waals surface area contributed by atoms with Gasteiger partial charge in [0.15, 0.2) is 11.4 Å². The van der Waals surface area contributed by atoms with Crippen molar-refractivity contribution in [3.8, 4) is 0 Å². The Morgan fingerprint density at radius 1 is 1.30 bits per heavy atom. The van der Waals surface area contributed by atoms with E-state index in [1.165, 1.54) is 19.2 Å². The van der Waals surface area contributed by atoms with Crippen molar-refractivity contribution in [3.05, 3.63) is 30.6 Å². The Balaban J connectivity index is 1.45. The van der Waals surface area contributed by atoms with Crippen LogP contribution in [0.25, 0.3) is 22.1 Å². The van der Waals surface area contributed by atoms with E-state index in [-0.39, 0.29) is 0 Å². The highest BCUT2D eigenvalue weighted by Crippen LogP contribution is 2.30. The second kappa shape index (κ2) is 6.14. The maximum Gasteiger partial charge on any atom is 0.196 e. The molecule has 1 atom stereocenters. The minimum absolute atomic E-state index is 0.331. The number of anilines is 1. The van der Waals surface area contributed by atoms with E-state index < -0.39 is 6.10 Å². The van der Waals surface area contributed by atoms with Crippen LogP contribution in [0.4, 0.5) is 5.82 Å². The quantitative estimate of drug-likeness (QED) is 0.698. The Morgan fingerprint density at radius 3 is 3.04 bits per heavy atom. The zero-order valence-electron chi connectivity index (χ0n) is 12.7. The molecule has 1 aromatic carbocycles. The number of aliphatic hydroxyl groups is 1. The molecule has 2 N–H and O–H groups in total. The Bertz CT molecular complexity index is 813. The second-order valence-corrected chi connectivity index (χ2v) is 6.01. The molecule has 0 unspecified atom stereocenters. The number of ether oxygens (including phenoxy) is 1. The molecule has 1 aliphatic rings. The van der Waals surface area contributed by atoms with Gasteiger partial charge in [0.2, 0.25) is 0 Å². The normalized spacial score (nSPS) is 16.0. The van der Waals surface area contributed by atoms with Crippen LogP contribution in [0, 0.1) is 5.92 Å². The Hall–Kier alpha value is -2.18. The molecule has 23 heavy (non-hydrogen) atoms. The molecule has 0 bridgehead atoms. The highest BCUT2D eigenvalue weighted by atomic mass is 16.5. The van der Waals surface area contributed by atoms with Gasteiger partial charge in [0.25, 0.3) is 0 Å². The smallest absolute Gasteiger partial charge is 0.196 e. The van der Waals surface area contributed by atoms with Crippen LogP contribution in [-0.2, 0) is 4.74 Å². The standard InChI is InChI=1S/C17H19N3O3/c21-12(9-22-8-11-5-6-11)7-18-17-16-15(19-10-20-17)13-3-1-2-4-14(13)23-16/h1-4,10-12,21H,5-9H2,(H,18,19,20)/t12-/m0/s1. The summed E-state index contributed by atoms with van der Waals surface area (Å²) in [6.45, 7) is 1.43. The van der Waals surface area contributed by atoms with Crippen molar-refractivity contribution < 1.29 is 14.3 Å². The number of para-hydroxylation sites is 1. The SMILES string of the molecule is O[C@@H](CNc1ncnc2c1oc1ccccc12)COCC1CC1. The zero-order chi connectivity index (χ0) is 15.6. The van der Waals surface area contributed by atoms with Crippen molar-refractivity contribution in [2.45, 2.75) is 18.9 Å². The summed E-state index contributed by atoms with van der Waals surface area (Å²) in [5, 5.41) is 14.1. The predicted molar refractivity (Wildman–Crippen MR) is 87.3 cm³/mol. The van der Waals surface area contributed by atoms with Crippen LogP contribution < -0.4 is 5.32 Å². The summed E-state index contributed by atoms with van der Waals surface area (Å²) in [4.78, 5) is 8.53. The molecule has 2 heterocycles. The van der Waals surface area contributed by atoms with Gasteiger partial charge in [-0.1, -0.05) is 12.1 Å². The molecule has 1 aliphatic carbocycles. The van der Waals surface area contributed by atoms with E-state index in [0.717, 1.165) is 23.1 Å². The van der Waals surface area contributed by atoms with Crippen LogP contribution in [0.3, 0.4) is 0 Å². The van der Waals surface area contributed by atoms with Crippen molar-refractivity contribution in [3.63, 3.8) is 0 Å². The summed E-state index contributed by atoms with van der Waals surface area (Å²) in [6, 6.07) is 7.75. The lowest BCUT2D eigenvalue weighted by Crippen LogP contribution is -2.25. The van der Waals surface area contributed by atoms with E-state index in [4.69, 9.17) is 9.15 Å². The van der Waals surface area contributed by atoms with Gasteiger partial charge in [0.05, 0.1) is 12.7 Å². The highest BCUT2D eigenvalue weighted by Gasteiger charge is 2.21. The van der Waals surface area contributed by atoms with E-state index in [2.05, 4.69) is 15.3 Å². The lowest BCUT2D eigenvalue weighted by molar-refractivity contribution is 0.0386. The Labute approximate surface area is 133 Å². The van der Waals surface area contributed by atoms with Crippen molar-refractivity contribution in [2.24, 2.45) is 5.92 Å². The first-order chi connectivity index (χ1) is 11.3. The third-order valence-corrected chi connectivity index (χ3v) is 4.02. The van der Waals surface area contributed by atoms with E-state index >= 15 is 0 Å². The molecule has 2 aromatic heterocycles. The lowest BCUT2D eigenvalue weighted by Gasteiger charge is -2.12. The van der Waals surface area contributed by atoms with Gasteiger partial charge in [-0.05, 0) is 30.9 Å². The number of hydrogen-bond acceptors (Lipinski definition) is 6. The minimum atomic E-state index is -0.580. The third kappa shape index (κ3) is 3.13. The number of furan rings is 1. The maximum absolute atomic E-state index is 9.99. The van der Waals surface area contributed by atoms with Crippen molar-refractivity contribution in [1.29, 1.82) is 0 Å². The number of rotatable bonds is 7. The molecule has 1 saturated carbocycles. The summed E-state index contributed by atoms with van der Waals surface area (Å²) >= 11 is 0. The lowest BCUT2D eigenvalue weighted by atomic mass is 10.2. The molecule has 6 nitrogen and oxygen atoms in total. The molecule has 0 radical (unpaired) electrons. The monoisotopic (exact) mass is 313 g/mol. The summed E-state index contributed by atoms with van der Waals surface area (Å²) in [5.41, 5.74) is 2.16. The molecule has 0 spiro atoms. The number of benzene rings is 1. The van der Waals surface area contributed by atoms with E-state index in [1.807, 2.05) is 24.3 Å². The second-order valence-electron chi connectivity index (χ2n) is 6.01. The fourth-order valence-corrected chi connectivity index (χ4v) is 2.58. The van der Waals surface area contributed by atoms with Crippen LogP contribution in [0.5, 0.6) is 0 Å². The number of aromatic nitrogens is 2. The van der Waals surface area contributed by atoms with Gasteiger partial charge in [-0.15, -0.1) is 0 Å². The summed E-state index contributed by atoms with van der Waals surface area (Å²) < 4.78 is 11.3.